The summed E-state index contributed by atoms with van der Waals surface area (Å²) in [5.41, 5.74) is 2.54. The van der Waals surface area contributed by atoms with Crippen LogP contribution in [0.25, 0.3) is 0 Å². The molecular formula is C27H29BrN2O5. The maximum absolute atomic E-state index is 12.7. The number of ether oxygens (including phenoxy) is 3. The van der Waals surface area contributed by atoms with Crippen molar-refractivity contribution in [3.8, 4) is 17.2 Å². The summed E-state index contributed by atoms with van der Waals surface area (Å²) in [7, 11) is 0. The fourth-order valence-electron chi connectivity index (χ4n) is 3.30. The zero-order valence-corrected chi connectivity index (χ0v) is 21.6. The highest BCUT2D eigenvalue weighted by atomic mass is 79.9. The van der Waals surface area contributed by atoms with E-state index in [0.29, 0.717) is 47.4 Å². The summed E-state index contributed by atoms with van der Waals surface area (Å²) in [6, 6.07) is 17.9. The highest BCUT2D eigenvalue weighted by molar-refractivity contribution is 9.10. The molecule has 0 fully saturated rings. The molecule has 0 atom stereocenters. The Hall–Kier alpha value is -3.52. The Morgan fingerprint density at radius 3 is 1.97 bits per heavy atom. The Balaban J connectivity index is 1.78. The highest BCUT2D eigenvalue weighted by Crippen LogP contribution is 2.37. The molecule has 2 N–H and O–H groups in total. The van der Waals surface area contributed by atoms with Gasteiger partial charge in [0.15, 0.2) is 6.61 Å². The quantitative estimate of drug-likeness (QED) is 0.308. The molecule has 0 spiro atoms. The topological polar surface area (TPSA) is 85.9 Å². The third-order valence-corrected chi connectivity index (χ3v) is 5.62. The van der Waals surface area contributed by atoms with E-state index in [0.717, 1.165) is 16.5 Å². The molecule has 0 saturated heterocycles. The summed E-state index contributed by atoms with van der Waals surface area (Å²) in [6.45, 7) is 6.31. The Bertz CT molecular complexity index is 1170. The lowest BCUT2D eigenvalue weighted by Gasteiger charge is -2.18. The number of nitrogens with one attached hydrogen (secondary N) is 2. The molecule has 2 amide bonds. The predicted octanol–water partition coefficient (Wildman–Crippen LogP) is 6.08. The standard InChI is InChI=1S/C27H29BrN2O5/c1-4-18-12-13-23(20(28)14-18)35-17-26(31)29-21-15-25(34-6-3)22(16-24(21)33-5-2)30-27(32)19-10-8-7-9-11-19/h7-16H,4-6,17H2,1-3H3,(H,29,31)(H,30,32). The van der Waals surface area contributed by atoms with Gasteiger partial charge in [0.05, 0.1) is 29.1 Å². The first-order chi connectivity index (χ1) is 16.9. The zero-order chi connectivity index (χ0) is 25.2. The third kappa shape index (κ3) is 7.23. The van der Waals surface area contributed by atoms with E-state index in [4.69, 9.17) is 14.2 Å². The van der Waals surface area contributed by atoms with Gasteiger partial charge in [0.1, 0.15) is 17.2 Å². The number of rotatable bonds is 11. The van der Waals surface area contributed by atoms with Gasteiger partial charge in [0.25, 0.3) is 11.8 Å². The average Bonchev–Trinajstić information content (AvgIpc) is 2.86. The molecule has 0 aliphatic carbocycles. The van der Waals surface area contributed by atoms with Gasteiger partial charge in [-0.25, -0.2) is 0 Å². The number of carbonyl (C=O) groups excluding carboxylic acids is 2. The van der Waals surface area contributed by atoms with Crippen LogP contribution in [0.2, 0.25) is 0 Å². The second-order valence-electron chi connectivity index (χ2n) is 7.49. The van der Waals surface area contributed by atoms with Crippen molar-refractivity contribution in [3.05, 3.63) is 76.3 Å². The molecule has 184 valence electrons. The first-order valence-electron chi connectivity index (χ1n) is 11.5. The predicted molar refractivity (Wildman–Crippen MR) is 141 cm³/mol. The van der Waals surface area contributed by atoms with Crippen molar-refractivity contribution < 1.29 is 23.8 Å². The summed E-state index contributed by atoms with van der Waals surface area (Å²) in [5, 5.41) is 5.69. The van der Waals surface area contributed by atoms with E-state index in [1.54, 1.807) is 36.4 Å². The number of benzene rings is 3. The number of hydrogen-bond acceptors (Lipinski definition) is 5. The molecule has 3 aromatic rings. The number of carbonyl (C=O) groups is 2. The van der Waals surface area contributed by atoms with Gasteiger partial charge in [-0.1, -0.05) is 31.2 Å². The van der Waals surface area contributed by atoms with Gasteiger partial charge in [-0.3, -0.25) is 9.59 Å². The fourth-order valence-corrected chi connectivity index (χ4v) is 3.84. The molecular weight excluding hydrogens is 512 g/mol. The molecule has 0 saturated carbocycles. The molecule has 8 heteroatoms. The first-order valence-corrected chi connectivity index (χ1v) is 12.3. The van der Waals surface area contributed by atoms with Crippen molar-refractivity contribution in [2.45, 2.75) is 27.2 Å². The van der Waals surface area contributed by atoms with Crippen LogP contribution in [0.1, 0.15) is 36.7 Å². The molecule has 3 rings (SSSR count). The van der Waals surface area contributed by atoms with Crippen LogP contribution in [0.5, 0.6) is 17.2 Å². The van der Waals surface area contributed by atoms with Crippen molar-refractivity contribution in [1.82, 2.24) is 0 Å². The minimum atomic E-state index is -0.360. The van der Waals surface area contributed by atoms with Crippen LogP contribution in [0, 0.1) is 0 Å². The highest BCUT2D eigenvalue weighted by Gasteiger charge is 2.17. The Morgan fingerprint density at radius 2 is 1.40 bits per heavy atom. The smallest absolute Gasteiger partial charge is 0.262 e. The number of halogens is 1. The van der Waals surface area contributed by atoms with Gasteiger partial charge in [-0.05, 0) is 66.0 Å². The van der Waals surface area contributed by atoms with Gasteiger partial charge >= 0.3 is 0 Å². The van der Waals surface area contributed by atoms with Crippen molar-refractivity contribution in [1.29, 1.82) is 0 Å². The zero-order valence-electron chi connectivity index (χ0n) is 20.0. The lowest BCUT2D eigenvalue weighted by atomic mass is 10.2. The van der Waals surface area contributed by atoms with Crippen LogP contribution in [0.4, 0.5) is 11.4 Å². The van der Waals surface area contributed by atoms with E-state index in [9.17, 15) is 9.59 Å². The van der Waals surface area contributed by atoms with Crippen molar-refractivity contribution in [3.63, 3.8) is 0 Å². The number of amides is 2. The molecule has 0 bridgehead atoms. The SMILES string of the molecule is CCOc1cc(NC(=O)c2ccccc2)c(OCC)cc1NC(=O)COc1ccc(CC)cc1Br. The molecule has 0 radical (unpaired) electrons. The van der Waals surface area contributed by atoms with E-state index in [1.165, 1.54) is 0 Å². The van der Waals surface area contributed by atoms with Crippen LogP contribution in [-0.4, -0.2) is 31.6 Å². The number of anilines is 2. The molecule has 7 nitrogen and oxygen atoms in total. The van der Waals surface area contributed by atoms with Gasteiger partial charge in [-0.2, -0.15) is 0 Å². The Kier molecular flexibility index (Phi) is 9.55. The van der Waals surface area contributed by atoms with Gasteiger partial charge in [0.2, 0.25) is 0 Å². The summed E-state index contributed by atoms with van der Waals surface area (Å²) in [6.07, 6.45) is 0.906. The van der Waals surface area contributed by atoms with Crippen LogP contribution in [-0.2, 0) is 11.2 Å². The Morgan fingerprint density at radius 1 is 0.771 bits per heavy atom. The molecule has 0 unspecified atom stereocenters. The largest absolute Gasteiger partial charge is 0.492 e. The monoisotopic (exact) mass is 540 g/mol. The maximum Gasteiger partial charge on any atom is 0.262 e. The van der Waals surface area contributed by atoms with Gasteiger partial charge < -0.3 is 24.8 Å². The second-order valence-corrected chi connectivity index (χ2v) is 8.34. The minimum absolute atomic E-state index is 0.188. The normalized spacial score (nSPS) is 10.4. The molecule has 0 aromatic heterocycles. The average molecular weight is 541 g/mol. The lowest BCUT2D eigenvalue weighted by molar-refractivity contribution is -0.118. The van der Waals surface area contributed by atoms with Crippen LogP contribution < -0.4 is 24.8 Å². The minimum Gasteiger partial charge on any atom is -0.492 e. The molecule has 0 aliphatic heterocycles. The third-order valence-electron chi connectivity index (χ3n) is 5.00. The van der Waals surface area contributed by atoms with Crippen molar-refractivity contribution in [2.24, 2.45) is 0 Å². The first kappa shape index (κ1) is 26.1. The van der Waals surface area contributed by atoms with Gasteiger partial charge in [-0.15, -0.1) is 0 Å². The van der Waals surface area contributed by atoms with Gasteiger partial charge in [0, 0.05) is 17.7 Å². The Labute approximate surface area is 213 Å². The summed E-state index contributed by atoms with van der Waals surface area (Å²) >= 11 is 3.48. The second kappa shape index (κ2) is 12.8. The van der Waals surface area contributed by atoms with Crippen molar-refractivity contribution >= 4 is 39.1 Å². The molecule has 35 heavy (non-hydrogen) atoms. The lowest BCUT2D eigenvalue weighted by Crippen LogP contribution is -2.21. The molecule has 0 heterocycles. The van der Waals surface area contributed by atoms with E-state index in [-0.39, 0.29) is 18.4 Å². The van der Waals surface area contributed by atoms with Crippen LogP contribution >= 0.6 is 15.9 Å². The summed E-state index contributed by atoms with van der Waals surface area (Å²) < 4.78 is 17.9. The van der Waals surface area contributed by atoms with Crippen molar-refractivity contribution in [2.75, 3.05) is 30.5 Å². The summed E-state index contributed by atoms with van der Waals surface area (Å²) in [4.78, 5) is 25.4. The summed E-state index contributed by atoms with van der Waals surface area (Å²) in [5.74, 6) is 0.756. The van der Waals surface area contributed by atoms with E-state index in [1.807, 2.05) is 38.1 Å². The van der Waals surface area contributed by atoms with E-state index < -0.39 is 0 Å². The van der Waals surface area contributed by atoms with E-state index >= 15 is 0 Å². The number of aryl methyl sites for hydroxylation is 1. The molecule has 3 aromatic carbocycles. The fraction of sp³-hybridized carbons (Fsp3) is 0.259. The number of hydrogen-bond donors (Lipinski definition) is 2. The maximum atomic E-state index is 12.7. The van der Waals surface area contributed by atoms with Crippen LogP contribution in [0.15, 0.2) is 65.1 Å². The van der Waals surface area contributed by atoms with Crippen LogP contribution in [0.3, 0.4) is 0 Å². The van der Waals surface area contributed by atoms with E-state index in [2.05, 4.69) is 33.5 Å². The molecule has 0 aliphatic rings.